The molecule has 1 aliphatic carbocycles. The lowest BCUT2D eigenvalue weighted by molar-refractivity contribution is 0.367. The van der Waals surface area contributed by atoms with Crippen LogP contribution in [0.3, 0.4) is 0 Å². The number of aromatic nitrogens is 2. The molecule has 0 bridgehead atoms. The Morgan fingerprint density at radius 3 is 2.47 bits per heavy atom. The van der Waals surface area contributed by atoms with Gasteiger partial charge in [0.05, 0.1) is 0 Å². The Labute approximate surface area is 95.2 Å². The number of alkyl halides is 1. The van der Waals surface area contributed by atoms with E-state index < -0.39 is 0 Å². The van der Waals surface area contributed by atoms with Gasteiger partial charge in [0.2, 0.25) is 5.89 Å². The van der Waals surface area contributed by atoms with Crippen molar-refractivity contribution in [1.29, 1.82) is 0 Å². The highest BCUT2D eigenvalue weighted by Gasteiger charge is 2.21. The molecule has 4 heteroatoms. The maximum Gasteiger partial charge on any atom is 0.244 e. The monoisotopic (exact) mass is 228 g/mol. The number of halogens is 1. The Morgan fingerprint density at radius 1 is 1.27 bits per heavy atom. The van der Waals surface area contributed by atoms with E-state index in [1.807, 2.05) is 6.92 Å². The van der Waals surface area contributed by atoms with Gasteiger partial charge in [-0.1, -0.05) is 30.8 Å². The zero-order valence-corrected chi connectivity index (χ0v) is 9.83. The van der Waals surface area contributed by atoms with E-state index in [1.165, 1.54) is 38.5 Å². The maximum absolute atomic E-state index is 5.89. The Morgan fingerprint density at radius 2 is 1.93 bits per heavy atom. The van der Waals surface area contributed by atoms with Crippen LogP contribution in [0.2, 0.25) is 0 Å². The van der Waals surface area contributed by atoms with Gasteiger partial charge in [0.25, 0.3) is 0 Å². The summed E-state index contributed by atoms with van der Waals surface area (Å²) in [6.07, 6.45) is 7.63. The normalized spacial score (nSPS) is 21.2. The smallest absolute Gasteiger partial charge is 0.244 e. The molecule has 0 saturated heterocycles. The minimum absolute atomic E-state index is 0.183. The predicted molar refractivity (Wildman–Crippen MR) is 59.0 cm³/mol. The van der Waals surface area contributed by atoms with E-state index in [2.05, 4.69) is 10.1 Å². The van der Waals surface area contributed by atoms with Gasteiger partial charge in [-0.3, -0.25) is 0 Å². The first-order valence-corrected chi connectivity index (χ1v) is 6.18. The topological polar surface area (TPSA) is 38.9 Å². The largest absolute Gasteiger partial charge is 0.338 e. The van der Waals surface area contributed by atoms with Crippen LogP contribution >= 0.6 is 11.6 Å². The zero-order valence-electron chi connectivity index (χ0n) is 9.08. The van der Waals surface area contributed by atoms with Crippen LogP contribution in [0.4, 0.5) is 0 Å². The second-order valence-corrected chi connectivity index (χ2v) is 4.95. The molecular weight excluding hydrogens is 212 g/mol. The molecule has 1 aliphatic rings. The van der Waals surface area contributed by atoms with Crippen molar-refractivity contribution >= 4 is 11.6 Å². The molecule has 1 saturated carbocycles. The standard InChI is InChI=1S/C11H17ClN2O/c1-8(12)11-13-10(14-15-11)9-6-4-2-3-5-7-9/h8-9H,2-7H2,1H3. The second-order valence-electron chi connectivity index (χ2n) is 4.30. The molecule has 0 amide bonds. The molecule has 1 aromatic rings. The van der Waals surface area contributed by atoms with E-state index in [9.17, 15) is 0 Å². The summed E-state index contributed by atoms with van der Waals surface area (Å²) in [7, 11) is 0. The Balaban J connectivity index is 2.06. The molecule has 0 radical (unpaired) electrons. The highest BCUT2D eigenvalue weighted by molar-refractivity contribution is 6.20. The summed E-state index contributed by atoms with van der Waals surface area (Å²) < 4.78 is 5.13. The van der Waals surface area contributed by atoms with Gasteiger partial charge in [0.1, 0.15) is 5.38 Å². The Hall–Kier alpha value is -0.570. The molecule has 0 aromatic carbocycles. The number of rotatable bonds is 2. The third-order valence-electron chi connectivity index (χ3n) is 3.02. The molecule has 15 heavy (non-hydrogen) atoms. The van der Waals surface area contributed by atoms with Crippen LogP contribution in [0.25, 0.3) is 0 Å². The van der Waals surface area contributed by atoms with E-state index >= 15 is 0 Å². The van der Waals surface area contributed by atoms with E-state index in [0.29, 0.717) is 11.8 Å². The van der Waals surface area contributed by atoms with E-state index in [-0.39, 0.29) is 5.38 Å². The quantitative estimate of drug-likeness (QED) is 0.571. The lowest BCUT2D eigenvalue weighted by Crippen LogP contribution is -2.00. The highest BCUT2D eigenvalue weighted by Crippen LogP contribution is 2.30. The summed E-state index contributed by atoms with van der Waals surface area (Å²) in [5.41, 5.74) is 0. The third kappa shape index (κ3) is 2.71. The first-order valence-electron chi connectivity index (χ1n) is 5.75. The van der Waals surface area contributed by atoms with Crippen LogP contribution in [0.15, 0.2) is 4.52 Å². The van der Waals surface area contributed by atoms with Crippen molar-refractivity contribution in [3.63, 3.8) is 0 Å². The van der Waals surface area contributed by atoms with Crippen LogP contribution in [-0.4, -0.2) is 10.1 Å². The van der Waals surface area contributed by atoms with Gasteiger partial charge in [-0.2, -0.15) is 4.98 Å². The minimum Gasteiger partial charge on any atom is -0.338 e. The summed E-state index contributed by atoms with van der Waals surface area (Å²) in [5.74, 6) is 1.90. The summed E-state index contributed by atoms with van der Waals surface area (Å²) >= 11 is 5.89. The van der Waals surface area contributed by atoms with Crippen LogP contribution in [0.5, 0.6) is 0 Å². The maximum atomic E-state index is 5.89. The zero-order chi connectivity index (χ0) is 10.7. The average Bonchev–Trinajstić information content (AvgIpc) is 2.55. The molecule has 0 N–H and O–H groups in total. The lowest BCUT2D eigenvalue weighted by atomic mass is 10.00. The van der Waals surface area contributed by atoms with Crippen molar-refractivity contribution in [2.75, 3.05) is 0 Å². The average molecular weight is 229 g/mol. The van der Waals surface area contributed by atoms with Crippen LogP contribution in [0, 0.1) is 0 Å². The summed E-state index contributed by atoms with van der Waals surface area (Å²) in [6, 6.07) is 0. The fraction of sp³-hybridized carbons (Fsp3) is 0.818. The highest BCUT2D eigenvalue weighted by atomic mass is 35.5. The third-order valence-corrected chi connectivity index (χ3v) is 3.20. The molecule has 1 unspecified atom stereocenters. The van der Waals surface area contributed by atoms with Crippen LogP contribution in [-0.2, 0) is 0 Å². The lowest BCUT2D eigenvalue weighted by Gasteiger charge is -2.07. The molecule has 1 aromatic heterocycles. The van der Waals surface area contributed by atoms with Crippen molar-refractivity contribution in [2.45, 2.75) is 56.7 Å². The first-order chi connectivity index (χ1) is 7.27. The molecule has 1 atom stereocenters. The Bertz CT molecular complexity index is 303. The molecule has 3 nitrogen and oxygen atoms in total. The molecule has 0 spiro atoms. The summed E-state index contributed by atoms with van der Waals surface area (Å²) in [4.78, 5) is 4.37. The molecule has 0 aliphatic heterocycles. The van der Waals surface area contributed by atoms with Crippen molar-refractivity contribution < 1.29 is 4.52 Å². The van der Waals surface area contributed by atoms with Gasteiger partial charge in [-0.25, -0.2) is 0 Å². The van der Waals surface area contributed by atoms with Gasteiger partial charge in [-0.15, -0.1) is 11.6 Å². The van der Waals surface area contributed by atoms with Gasteiger partial charge in [-0.05, 0) is 19.8 Å². The molecular formula is C11H17ClN2O. The Kier molecular flexibility index (Phi) is 3.62. The molecule has 2 rings (SSSR count). The van der Waals surface area contributed by atoms with Crippen molar-refractivity contribution in [3.05, 3.63) is 11.7 Å². The van der Waals surface area contributed by atoms with Gasteiger partial charge in [0, 0.05) is 5.92 Å². The first kappa shape index (κ1) is 10.9. The van der Waals surface area contributed by atoms with Crippen LogP contribution < -0.4 is 0 Å². The number of nitrogens with zero attached hydrogens (tertiary/aromatic N) is 2. The molecule has 84 valence electrons. The van der Waals surface area contributed by atoms with E-state index in [1.54, 1.807) is 0 Å². The van der Waals surface area contributed by atoms with Crippen LogP contribution in [0.1, 0.15) is 68.5 Å². The summed E-state index contributed by atoms with van der Waals surface area (Å²) in [6.45, 7) is 1.85. The molecule has 1 heterocycles. The minimum atomic E-state index is -0.183. The summed E-state index contributed by atoms with van der Waals surface area (Å²) in [5, 5.41) is 3.85. The van der Waals surface area contributed by atoms with E-state index in [4.69, 9.17) is 16.1 Å². The SMILES string of the molecule is CC(Cl)c1nc(C2CCCCCC2)no1. The van der Waals surface area contributed by atoms with Crippen molar-refractivity contribution in [3.8, 4) is 0 Å². The second kappa shape index (κ2) is 4.97. The predicted octanol–water partition coefficient (Wildman–Crippen LogP) is 3.81. The van der Waals surface area contributed by atoms with Crippen molar-refractivity contribution in [2.24, 2.45) is 0 Å². The van der Waals surface area contributed by atoms with Gasteiger partial charge in [0.15, 0.2) is 5.82 Å². The van der Waals surface area contributed by atoms with Gasteiger partial charge < -0.3 is 4.52 Å². The van der Waals surface area contributed by atoms with Crippen molar-refractivity contribution in [1.82, 2.24) is 10.1 Å². The number of hydrogen-bond acceptors (Lipinski definition) is 3. The fourth-order valence-electron chi connectivity index (χ4n) is 2.11. The number of hydrogen-bond donors (Lipinski definition) is 0. The van der Waals surface area contributed by atoms with Gasteiger partial charge >= 0.3 is 0 Å². The molecule has 1 fully saturated rings. The van der Waals surface area contributed by atoms with E-state index in [0.717, 1.165) is 5.82 Å². The fourth-order valence-corrected chi connectivity index (χ4v) is 2.20.